The van der Waals surface area contributed by atoms with Crippen LogP contribution in [0.5, 0.6) is 0 Å². The molecule has 0 heterocycles. The van der Waals surface area contributed by atoms with Gasteiger partial charge in [0, 0.05) is 7.47 Å². The Balaban J connectivity index is 0. The van der Waals surface area contributed by atoms with Gasteiger partial charge in [-0.25, -0.2) is 0 Å². The van der Waals surface area contributed by atoms with Crippen LogP contribution in [0.1, 0.15) is 41.5 Å². The van der Waals surface area contributed by atoms with Crippen LogP contribution < -0.4 is 5.32 Å². The van der Waals surface area contributed by atoms with Gasteiger partial charge in [-0.2, -0.15) is 0 Å². The zero-order chi connectivity index (χ0) is 7.98. The molecule has 2 atom stereocenters. The molecule has 0 aliphatic heterocycles. The summed E-state index contributed by atoms with van der Waals surface area (Å²) in [6, 6.07) is 0.685. The van der Waals surface area contributed by atoms with Crippen molar-refractivity contribution in [1.82, 2.24) is 5.32 Å². The van der Waals surface area contributed by atoms with E-state index in [1.165, 1.54) is 19.3 Å². The Hall–Kier alpha value is -0.0400. The molecule has 1 nitrogen and oxygen atoms in total. The first kappa shape index (κ1) is 9.96. The predicted molar refractivity (Wildman–Crippen MR) is 49.3 cm³/mol. The molecule has 0 amide bonds. The highest BCUT2D eigenvalue weighted by Gasteiger charge is 2.11. The van der Waals surface area contributed by atoms with Gasteiger partial charge in [0.2, 0.25) is 0 Å². The van der Waals surface area contributed by atoms with Crippen molar-refractivity contribution in [1.29, 1.82) is 0 Å². The van der Waals surface area contributed by atoms with Crippen molar-refractivity contribution >= 4 is 0 Å². The van der Waals surface area contributed by atoms with E-state index in [-0.39, 0.29) is 1.43 Å². The van der Waals surface area contributed by atoms with Gasteiger partial charge < -0.3 is 5.32 Å². The van der Waals surface area contributed by atoms with E-state index in [2.05, 4.69) is 26.1 Å². The topological polar surface area (TPSA) is 12.0 Å². The lowest BCUT2D eigenvalue weighted by Crippen LogP contribution is -2.29. The van der Waals surface area contributed by atoms with Crippen LogP contribution in [-0.2, 0) is 0 Å². The van der Waals surface area contributed by atoms with E-state index in [1.54, 1.807) is 0 Å². The maximum atomic E-state index is 3.30. The normalized spacial score (nSPS) is 16.8. The van der Waals surface area contributed by atoms with Crippen LogP contribution in [0, 0.1) is 5.92 Å². The van der Waals surface area contributed by atoms with E-state index in [4.69, 9.17) is 0 Å². The number of nitrogens with one attached hydrogen (secondary N) is 1. The standard InChI is InChI=1S/C9H21N.H2/c1-5-7-9(6-2)8(3)10-4;/h8-10H,5-7H2,1-4H3;1H/t8-,9?;/m0./s1. The van der Waals surface area contributed by atoms with Gasteiger partial charge in [-0.3, -0.25) is 0 Å². The van der Waals surface area contributed by atoms with Gasteiger partial charge in [0.15, 0.2) is 0 Å². The van der Waals surface area contributed by atoms with Gasteiger partial charge in [0.05, 0.1) is 0 Å². The van der Waals surface area contributed by atoms with Crippen LogP contribution in [0.4, 0.5) is 0 Å². The van der Waals surface area contributed by atoms with Gasteiger partial charge in [-0.1, -0.05) is 26.7 Å². The first-order valence-corrected chi connectivity index (χ1v) is 4.43. The van der Waals surface area contributed by atoms with E-state index in [9.17, 15) is 0 Å². The summed E-state index contributed by atoms with van der Waals surface area (Å²) < 4.78 is 0. The third-order valence-electron chi connectivity index (χ3n) is 2.35. The molecule has 0 aliphatic carbocycles. The van der Waals surface area contributed by atoms with Crippen LogP contribution in [-0.4, -0.2) is 13.1 Å². The summed E-state index contributed by atoms with van der Waals surface area (Å²) in [5.41, 5.74) is 0. The first-order chi connectivity index (χ1) is 4.76. The molecule has 0 aromatic heterocycles. The van der Waals surface area contributed by atoms with Crippen LogP contribution in [0.15, 0.2) is 0 Å². The summed E-state index contributed by atoms with van der Waals surface area (Å²) in [4.78, 5) is 0. The Morgan fingerprint density at radius 3 is 2.30 bits per heavy atom. The third kappa shape index (κ3) is 3.21. The molecule has 0 rings (SSSR count). The summed E-state index contributed by atoms with van der Waals surface area (Å²) in [6.07, 6.45) is 3.97. The summed E-state index contributed by atoms with van der Waals surface area (Å²) in [5.74, 6) is 0.870. The molecular weight excluding hydrogens is 122 g/mol. The van der Waals surface area contributed by atoms with Crippen molar-refractivity contribution in [3.63, 3.8) is 0 Å². The van der Waals surface area contributed by atoms with Crippen LogP contribution in [0.2, 0.25) is 0 Å². The van der Waals surface area contributed by atoms with Crippen molar-refractivity contribution in [3.05, 3.63) is 0 Å². The largest absolute Gasteiger partial charge is 0.317 e. The van der Waals surface area contributed by atoms with E-state index in [1.807, 2.05) is 7.05 Å². The van der Waals surface area contributed by atoms with Crippen molar-refractivity contribution in [2.75, 3.05) is 7.05 Å². The fourth-order valence-corrected chi connectivity index (χ4v) is 1.41. The van der Waals surface area contributed by atoms with Crippen molar-refractivity contribution in [2.45, 2.75) is 46.1 Å². The molecule has 0 radical (unpaired) electrons. The minimum absolute atomic E-state index is 0. The highest BCUT2D eigenvalue weighted by molar-refractivity contribution is 4.68. The molecule has 0 saturated carbocycles. The number of rotatable bonds is 5. The third-order valence-corrected chi connectivity index (χ3v) is 2.35. The fourth-order valence-electron chi connectivity index (χ4n) is 1.41. The second-order valence-corrected chi connectivity index (χ2v) is 3.03. The number of hydrogen-bond donors (Lipinski definition) is 1. The molecular formula is C9H23N. The molecule has 1 N–H and O–H groups in total. The molecule has 0 aromatic rings. The van der Waals surface area contributed by atoms with E-state index in [0.29, 0.717) is 6.04 Å². The van der Waals surface area contributed by atoms with Gasteiger partial charge >= 0.3 is 0 Å². The molecule has 0 saturated heterocycles. The van der Waals surface area contributed by atoms with Gasteiger partial charge in [-0.05, 0) is 26.3 Å². The molecule has 0 aromatic carbocycles. The van der Waals surface area contributed by atoms with Crippen molar-refractivity contribution in [3.8, 4) is 0 Å². The molecule has 0 fully saturated rings. The zero-order valence-electron chi connectivity index (χ0n) is 7.78. The maximum absolute atomic E-state index is 3.30. The van der Waals surface area contributed by atoms with Crippen molar-refractivity contribution < 1.29 is 1.43 Å². The molecule has 10 heavy (non-hydrogen) atoms. The van der Waals surface area contributed by atoms with Crippen LogP contribution >= 0.6 is 0 Å². The predicted octanol–water partition coefficient (Wildman–Crippen LogP) is 2.67. The lowest BCUT2D eigenvalue weighted by atomic mass is 9.94. The van der Waals surface area contributed by atoms with Crippen LogP contribution in [0.3, 0.4) is 0 Å². The van der Waals surface area contributed by atoms with Crippen molar-refractivity contribution in [2.24, 2.45) is 5.92 Å². The smallest absolute Gasteiger partial charge is 0.00638 e. The molecule has 0 spiro atoms. The zero-order valence-corrected chi connectivity index (χ0v) is 7.78. The monoisotopic (exact) mass is 145 g/mol. The maximum Gasteiger partial charge on any atom is 0.00638 e. The Labute approximate surface area is 66.7 Å². The molecule has 1 unspecified atom stereocenters. The van der Waals surface area contributed by atoms with E-state index >= 15 is 0 Å². The lowest BCUT2D eigenvalue weighted by Gasteiger charge is -2.21. The summed E-state index contributed by atoms with van der Waals surface area (Å²) in [7, 11) is 2.04. The van der Waals surface area contributed by atoms with E-state index in [0.717, 1.165) is 5.92 Å². The summed E-state index contributed by atoms with van der Waals surface area (Å²) in [6.45, 7) is 6.79. The Morgan fingerprint density at radius 1 is 1.40 bits per heavy atom. The minimum atomic E-state index is 0. The Bertz CT molecular complexity index is 76.0. The second-order valence-electron chi connectivity index (χ2n) is 3.03. The van der Waals surface area contributed by atoms with Gasteiger partial charge in [0.1, 0.15) is 0 Å². The Kier molecular flexibility index (Phi) is 5.70. The average molecular weight is 145 g/mol. The highest BCUT2D eigenvalue weighted by Crippen LogP contribution is 2.14. The highest BCUT2D eigenvalue weighted by atomic mass is 14.9. The molecule has 0 aliphatic rings. The molecule has 0 bridgehead atoms. The van der Waals surface area contributed by atoms with Gasteiger partial charge in [-0.15, -0.1) is 0 Å². The minimum Gasteiger partial charge on any atom is -0.317 e. The fraction of sp³-hybridized carbons (Fsp3) is 1.00. The SMILES string of the molecule is CCCC(CC)[C@H](C)NC.[HH]. The van der Waals surface area contributed by atoms with E-state index < -0.39 is 0 Å². The first-order valence-electron chi connectivity index (χ1n) is 4.43. The lowest BCUT2D eigenvalue weighted by molar-refractivity contribution is 0.357. The quantitative estimate of drug-likeness (QED) is 0.627. The summed E-state index contributed by atoms with van der Waals surface area (Å²) in [5, 5.41) is 3.30. The van der Waals surface area contributed by atoms with Crippen LogP contribution in [0.25, 0.3) is 0 Å². The summed E-state index contributed by atoms with van der Waals surface area (Å²) >= 11 is 0. The van der Waals surface area contributed by atoms with Gasteiger partial charge in [0.25, 0.3) is 0 Å². The average Bonchev–Trinajstić information content (AvgIpc) is 1.99. The second kappa shape index (κ2) is 5.72. The Morgan fingerprint density at radius 2 is 2.00 bits per heavy atom. The molecule has 64 valence electrons. The molecule has 1 heteroatoms. The number of hydrogen-bond acceptors (Lipinski definition) is 1.